The van der Waals surface area contributed by atoms with Crippen molar-refractivity contribution in [1.29, 1.82) is 0 Å². The van der Waals surface area contributed by atoms with Crippen molar-refractivity contribution < 1.29 is 0 Å². The Bertz CT molecular complexity index is 565. The minimum absolute atomic E-state index is 0.00926. The molecule has 3 nitrogen and oxygen atoms in total. The number of imidazole rings is 1. The number of nitrogens with one attached hydrogen (secondary N) is 1. The average Bonchev–Trinajstić information content (AvgIpc) is 2.96. The van der Waals surface area contributed by atoms with Gasteiger partial charge in [-0.05, 0) is 37.0 Å². The first-order valence-corrected chi connectivity index (χ1v) is 5.91. The molecule has 1 saturated carbocycles. The summed E-state index contributed by atoms with van der Waals surface area (Å²) in [5, 5.41) is 0. The molecule has 0 bridgehead atoms. The van der Waals surface area contributed by atoms with E-state index in [2.05, 4.69) is 20.9 Å². The highest BCUT2D eigenvalue weighted by atomic mass is 79.9. The standard InChI is InChI=1S/C11H11BrN2O/c12-8-3-4-9-10(5-8)14(11(15)13-9)6-7-1-2-7/h3-5,7H,1-2,6H2,(H,13,15). The van der Waals surface area contributed by atoms with Crippen LogP contribution in [-0.4, -0.2) is 9.55 Å². The molecule has 0 radical (unpaired) electrons. The highest BCUT2D eigenvalue weighted by molar-refractivity contribution is 9.10. The van der Waals surface area contributed by atoms with Crippen LogP contribution in [0.4, 0.5) is 0 Å². The van der Waals surface area contributed by atoms with E-state index in [0.29, 0.717) is 5.92 Å². The van der Waals surface area contributed by atoms with Gasteiger partial charge in [0.05, 0.1) is 11.0 Å². The van der Waals surface area contributed by atoms with Crippen LogP contribution in [-0.2, 0) is 6.54 Å². The van der Waals surface area contributed by atoms with Gasteiger partial charge in [-0.25, -0.2) is 4.79 Å². The summed E-state index contributed by atoms with van der Waals surface area (Å²) < 4.78 is 2.86. The summed E-state index contributed by atoms with van der Waals surface area (Å²) in [4.78, 5) is 14.6. The Morgan fingerprint density at radius 1 is 1.47 bits per heavy atom. The summed E-state index contributed by atoms with van der Waals surface area (Å²) in [5.41, 5.74) is 1.93. The molecule has 1 fully saturated rings. The number of fused-ring (bicyclic) bond motifs is 1. The van der Waals surface area contributed by atoms with Crippen LogP contribution in [0.15, 0.2) is 27.5 Å². The predicted molar refractivity (Wildman–Crippen MR) is 63.0 cm³/mol. The van der Waals surface area contributed by atoms with Crippen LogP contribution in [0.5, 0.6) is 0 Å². The van der Waals surface area contributed by atoms with Crippen LogP contribution in [0.1, 0.15) is 12.8 Å². The first-order chi connectivity index (χ1) is 7.24. The summed E-state index contributed by atoms with van der Waals surface area (Å²) in [6.07, 6.45) is 2.51. The molecule has 1 heterocycles. The first kappa shape index (κ1) is 9.21. The monoisotopic (exact) mass is 266 g/mol. The number of nitrogens with zero attached hydrogens (tertiary/aromatic N) is 1. The Morgan fingerprint density at radius 3 is 3.00 bits per heavy atom. The van der Waals surface area contributed by atoms with E-state index in [1.807, 2.05) is 22.8 Å². The lowest BCUT2D eigenvalue weighted by Crippen LogP contribution is -2.17. The van der Waals surface area contributed by atoms with Crippen molar-refractivity contribution in [1.82, 2.24) is 9.55 Å². The maximum atomic E-state index is 11.7. The largest absolute Gasteiger partial charge is 0.326 e. The lowest BCUT2D eigenvalue weighted by molar-refractivity contribution is 0.624. The van der Waals surface area contributed by atoms with E-state index in [1.165, 1.54) is 12.8 Å². The summed E-state index contributed by atoms with van der Waals surface area (Å²) in [6.45, 7) is 0.856. The molecule has 0 unspecified atom stereocenters. The number of rotatable bonds is 2. The maximum Gasteiger partial charge on any atom is 0.326 e. The van der Waals surface area contributed by atoms with E-state index >= 15 is 0 Å². The third kappa shape index (κ3) is 1.63. The van der Waals surface area contributed by atoms with Gasteiger partial charge in [-0.3, -0.25) is 4.57 Å². The highest BCUT2D eigenvalue weighted by Crippen LogP contribution is 2.31. The van der Waals surface area contributed by atoms with Crippen molar-refractivity contribution in [2.45, 2.75) is 19.4 Å². The molecule has 1 aromatic heterocycles. The van der Waals surface area contributed by atoms with Gasteiger partial charge in [0.2, 0.25) is 0 Å². The van der Waals surface area contributed by atoms with Gasteiger partial charge in [0.25, 0.3) is 0 Å². The van der Waals surface area contributed by atoms with Crippen molar-refractivity contribution in [3.8, 4) is 0 Å². The molecule has 3 rings (SSSR count). The fourth-order valence-electron chi connectivity index (χ4n) is 1.87. The minimum Gasteiger partial charge on any atom is -0.306 e. The van der Waals surface area contributed by atoms with E-state index in [1.54, 1.807) is 0 Å². The van der Waals surface area contributed by atoms with Crippen molar-refractivity contribution in [2.24, 2.45) is 5.92 Å². The van der Waals surface area contributed by atoms with Crippen molar-refractivity contribution in [2.75, 3.05) is 0 Å². The molecular weight excluding hydrogens is 256 g/mol. The number of hydrogen-bond donors (Lipinski definition) is 1. The average molecular weight is 267 g/mol. The number of H-pyrrole nitrogens is 1. The normalized spacial score (nSPS) is 16.1. The molecule has 0 spiro atoms. The SMILES string of the molecule is O=c1[nH]c2ccc(Br)cc2n1CC1CC1. The lowest BCUT2D eigenvalue weighted by Gasteiger charge is -2.01. The predicted octanol–water partition coefficient (Wildman–Crippen LogP) is 2.50. The number of benzene rings is 1. The van der Waals surface area contributed by atoms with E-state index < -0.39 is 0 Å². The van der Waals surface area contributed by atoms with Crippen molar-refractivity contribution >= 4 is 27.0 Å². The van der Waals surface area contributed by atoms with Gasteiger partial charge in [-0.2, -0.15) is 0 Å². The Hall–Kier alpha value is -1.03. The Morgan fingerprint density at radius 2 is 2.27 bits per heavy atom. The molecular formula is C11H11BrN2O. The molecule has 1 aliphatic rings. The third-order valence-corrected chi connectivity index (χ3v) is 3.37. The molecule has 1 N–H and O–H groups in total. The van der Waals surface area contributed by atoms with Crippen LogP contribution >= 0.6 is 15.9 Å². The zero-order chi connectivity index (χ0) is 10.4. The van der Waals surface area contributed by atoms with Crippen LogP contribution in [0.2, 0.25) is 0 Å². The molecule has 15 heavy (non-hydrogen) atoms. The number of hydrogen-bond acceptors (Lipinski definition) is 1. The zero-order valence-electron chi connectivity index (χ0n) is 8.16. The van der Waals surface area contributed by atoms with E-state index in [-0.39, 0.29) is 5.69 Å². The second-order valence-electron chi connectivity index (χ2n) is 4.15. The first-order valence-electron chi connectivity index (χ1n) is 5.12. The van der Waals surface area contributed by atoms with E-state index in [4.69, 9.17) is 0 Å². The molecule has 0 aliphatic heterocycles. The van der Waals surface area contributed by atoms with Crippen molar-refractivity contribution in [3.63, 3.8) is 0 Å². The maximum absolute atomic E-state index is 11.7. The number of aromatic nitrogens is 2. The second-order valence-corrected chi connectivity index (χ2v) is 5.06. The van der Waals surface area contributed by atoms with Crippen LogP contribution < -0.4 is 5.69 Å². The molecule has 0 amide bonds. The molecule has 4 heteroatoms. The van der Waals surface area contributed by atoms with Gasteiger partial charge in [-0.15, -0.1) is 0 Å². The number of halogens is 1. The molecule has 78 valence electrons. The Balaban J connectivity index is 2.20. The minimum atomic E-state index is 0.00926. The zero-order valence-corrected chi connectivity index (χ0v) is 9.75. The smallest absolute Gasteiger partial charge is 0.306 e. The molecule has 1 aliphatic carbocycles. The van der Waals surface area contributed by atoms with Crippen LogP contribution in [0.3, 0.4) is 0 Å². The lowest BCUT2D eigenvalue weighted by atomic mass is 10.3. The van der Waals surface area contributed by atoms with Gasteiger partial charge in [0.15, 0.2) is 0 Å². The quantitative estimate of drug-likeness (QED) is 0.891. The highest BCUT2D eigenvalue weighted by Gasteiger charge is 2.23. The van der Waals surface area contributed by atoms with E-state index in [0.717, 1.165) is 22.1 Å². The molecule has 2 aromatic rings. The summed E-state index contributed by atoms with van der Waals surface area (Å²) in [7, 11) is 0. The van der Waals surface area contributed by atoms with Crippen molar-refractivity contribution in [3.05, 3.63) is 33.2 Å². The van der Waals surface area contributed by atoms with Gasteiger partial charge in [0, 0.05) is 11.0 Å². The van der Waals surface area contributed by atoms with Gasteiger partial charge < -0.3 is 4.98 Å². The Kier molecular flexibility index (Phi) is 1.99. The van der Waals surface area contributed by atoms with Gasteiger partial charge in [-0.1, -0.05) is 15.9 Å². The second kappa shape index (κ2) is 3.23. The fourth-order valence-corrected chi connectivity index (χ4v) is 2.21. The molecule has 0 saturated heterocycles. The van der Waals surface area contributed by atoms with Crippen LogP contribution in [0, 0.1) is 5.92 Å². The topological polar surface area (TPSA) is 37.8 Å². The fraction of sp³-hybridized carbons (Fsp3) is 0.364. The molecule has 1 aromatic carbocycles. The summed E-state index contributed by atoms with van der Waals surface area (Å²) in [5.74, 6) is 0.709. The number of aromatic amines is 1. The Labute approximate surface area is 95.2 Å². The van der Waals surface area contributed by atoms with Gasteiger partial charge in [0.1, 0.15) is 0 Å². The van der Waals surface area contributed by atoms with E-state index in [9.17, 15) is 4.79 Å². The summed E-state index contributed by atoms with van der Waals surface area (Å²) >= 11 is 3.43. The van der Waals surface area contributed by atoms with Crippen LogP contribution in [0.25, 0.3) is 11.0 Å². The molecule has 0 atom stereocenters. The third-order valence-electron chi connectivity index (χ3n) is 2.88. The summed E-state index contributed by atoms with van der Waals surface area (Å²) in [6, 6.07) is 5.87. The van der Waals surface area contributed by atoms with Gasteiger partial charge >= 0.3 is 5.69 Å².